The molecule has 2 heterocycles. The molecule has 0 spiro atoms. The average Bonchev–Trinajstić information content (AvgIpc) is 3.17. The van der Waals surface area contributed by atoms with E-state index in [0.717, 1.165) is 24.3 Å². The molecule has 1 aliphatic rings. The van der Waals surface area contributed by atoms with Crippen molar-refractivity contribution in [3.8, 4) is 5.69 Å². The van der Waals surface area contributed by atoms with Crippen LogP contribution in [0.2, 0.25) is 0 Å². The van der Waals surface area contributed by atoms with E-state index in [-0.39, 0.29) is 23.7 Å². The molecule has 2 N–H and O–H groups in total. The summed E-state index contributed by atoms with van der Waals surface area (Å²) in [6.45, 7) is 9.01. The lowest BCUT2D eigenvalue weighted by atomic mass is 9.94. The molecule has 0 bridgehead atoms. The summed E-state index contributed by atoms with van der Waals surface area (Å²) in [5, 5.41) is 9.88. The van der Waals surface area contributed by atoms with E-state index in [2.05, 4.69) is 46.4 Å². The minimum atomic E-state index is -0.414. The van der Waals surface area contributed by atoms with Crippen molar-refractivity contribution < 1.29 is 9.59 Å². The summed E-state index contributed by atoms with van der Waals surface area (Å²) in [7, 11) is 0. The summed E-state index contributed by atoms with van der Waals surface area (Å²) in [6, 6.07) is 7.32. The van der Waals surface area contributed by atoms with Crippen LogP contribution < -0.4 is 10.6 Å². The highest BCUT2D eigenvalue weighted by molar-refractivity contribution is 5.88. The normalized spacial score (nSPS) is 18.0. The number of piperazine rings is 1. The number of hydrogen-bond acceptors (Lipinski definition) is 5. The SMILES string of the molecule is CC(C)(C)CN1CCNC(=O)C1CC(=O)NCc1ccc(-n2cncn2)cc1. The molecule has 1 aromatic carbocycles. The Morgan fingerprint density at radius 1 is 1.29 bits per heavy atom. The highest BCUT2D eigenvalue weighted by Crippen LogP contribution is 2.19. The third-order valence-corrected chi connectivity index (χ3v) is 4.61. The zero-order chi connectivity index (χ0) is 20.1. The first kappa shape index (κ1) is 20.0. The minimum absolute atomic E-state index is 0.0668. The van der Waals surface area contributed by atoms with E-state index in [9.17, 15) is 9.59 Å². The Morgan fingerprint density at radius 3 is 2.68 bits per heavy atom. The molecular formula is C20H28N6O2. The summed E-state index contributed by atoms with van der Waals surface area (Å²) in [4.78, 5) is 30.8. The second kappa shape index (κ2) is 8.52. The number of hydrogen-bond donors (Lipinski definition) is 2. The molecule has 0 aliphatic carbocycles. The van der Waals surface area contributed by atoms with Gasteiger partial charge in [0.2, 0.25) is 11.8 Å². The fourth-order valence-corrected chi connectivity index (χ4v) is 3.34. The first-order valence-electron chi connectivity index (χ1n) is 9.54. The van der Waals surface area contributed by atoms with E-state index in [4.69, 9.17) is 0 Å². The van der Waals surface area contributed by atoms with Crippen molar-refractivity contribution in [2.75, 3.05) is 19.6 Å². The Bertz CT molecular complexity index is 795. The lowest BCUT2D eigenvalue weighted by Gasteiger charge is -2.38. The van der Waals surface area contributed by atoms with Gasteiger partial charge in [-0.25, -0.2) is 9.67 Å². The van der Waals surface area contributed by atoms with E-state index in [1.807, 2.05) is 24.3 Å². The van der Waals surface area contributed by atoms with Gasteiger partial charge in [-0.15, -0.1) is 0 Å². The highest BCUT2D eigenvalue weighted by Gasteiger charge is 2.33. The lowest BCUT2D eigenvalue weighted by Crippen LogP contribution is -2.58. The van der Waals surface area contributed by atoms with E-state index in [0.29, 0.717) is 13.1 Å². The zero-order valence-corrected chi connectivity index (χ0v) is 16.7. The third kappa shape index (κ3) is 5.39. The molecule has 1 unspecified atom stereocenters. The number of amides is 2. The van der Waals surface area contributed by atoms with Gasteiger partial charge in [-0.3, -0.25) is 14.5 Å². The predicted octanol–water partition coefficient (Wildman–Crippen LogP) is 1.12. The number of nitrogens with zero attached hydrogens (tertiary/aromatic N) is 4. The van der Waals surface area contributed by atoms with Crippen LogP contribution in [0.15, 0.2) is 36.9 Å². The van der Waals surface area contributed by atoms with E-state index in [1.165, 1.54) is 6.33 Å². The van der Waals surface area contributed by atoms with Gasteiger partial charge in [-0.1, -0.05) is 32.9 Å². The topological polar surface area (TPSA) is 92.2 Å². The Hall–Kier alpha value is -2.74. The van der Waals surface area contributed by atoms with Gasteiger partial charge in [0.25, 0.3) is 0 Å². The lowest BCUT2D eigenvalue weighted by molar-refractivity contribution is -0.134. The Morgan fingerprint density at radius 2 is 2.04 bits per heavy atom. The molecule has 0 saturated carbocycles. The molecule has 1 fully saturated rings. The molecule has 1 aliphatic heterocycles. The van der Waals surface area contributed by atoms with Crippen LogP contribution in [0.4, 0.5) is 0 Å². The van der Waals surface area contributed by atoms with Crippen molar-refractivity contribution in [1.29, 1.82) is 0 Å². The number of carbonyl (C=O) groups is 2. The Kier molecular flexibility index (Phi) is 6.08. The van der Waals surface area contributed by atoms with Gasteiger partial charge >= 0.3 is 0 Å². The molecule has 3 rings (SSSR count). The van der Waals surface area contributed by atoms with Crippen LogP contribution in [0.25, 0.3) is 5.69 Å². The van der Waals surface area contributed by atoms with Crippen LogP contribution in [0.3, 0.4) is 0 Å². The fourth-order valence-electron chi connectivity index (χ4n) is 3.34. The molecule has 8 heteroatoms. The fraction of sp³-hybridized carbons (Fsp3) is 0.500. The van der Waals surface area contributed by atoms with Crippen molar-refractivity contribution in [2.24, 2.45) is 5.41 Å². The minimum Gasteiger partial charge on any atom is -0.353 e. The zero-order valence-electron chi connectivity index (χ0n) is 16.7. The van der Waals surface area contributed by atoms with Crippen molar-refractivity contribution >= 4 is 11.8 Å². The van der Waals surface area contributed by atoms with Crippen molar-refractivity contribution in [3.63, 3.8) is 0 Å². The smallest absolute Gasteiger partial charge is 0.237 e. The number of nitrogens with one attached hydrogen (secondary N) is 2. The molecule has 28 heavy (non-hydrogen) atoms. The summed E-state index contributed by atoms with van der Waals surface area (Å²) in [5.41, 5.74) is 1.96. The van der Waals surface area contributed by atoms with Crippen LogP contribution in [0.5, 0.6) is 0 Å². The maximum Gasteiger partial charge on any atom is 0.237 e. The maximum absolute atomic E-state index is 12.5. The van der Waals surface area contributed by atoms with Gasteiger partial charge < -0.3 is 10.6 Å². The molecule has 2 aromatic rings. The Balaban J connectivity index is 1.54. The second-order valence-electron chi connectivity index (χ2n) is 8.33. The molecular weight excluding hydrogens is 356 g/mol. The van der Waals surface area contributed by atoms with Gasteiger partial charge in [0, 0.05) is 26.2 Å². The van der Waals surface area contributed by atoms with Crippen LogP contribution >= 0.6 is 0 Å². The van der Waals surface area contributed by atoms with Crippen LogP contribution in [0, 0.1) is 5.41 Å². The second-order valence-corrected chi connectivity index (χ2v) is 8.33. The standard InChI is InChI=1S/C20H28N6O2/c1-20(2,3)12-25-9-8-22-19(28)17(25)10-18(27)23-11-15-4-6-16(7-5-15)26-14-21-13-24-26/h4-7,13-14,17H,8-12H2,1-3H3,(H,22,28)(H,23,27). The summed E-state index contributed by atoms with van der Waals surface area (Å²) in [6.07, 6.45) is 3.28. The van der Waals surface area contributed by atoms with Crippen LogP contribution in [-0.2, 0) is 16.1 Å². The monoisotopic (exact) mass is 384 g/mol. The van der Waals surface area contributed by atoms with Gasteiger partial charge in [0.1, 0.15) is 12.7 Å². The van der Waals surface area contributed by atoms with E-state index in [1.54, 1.807) is 11.0 Å². The van der Waals surface area contributed by atoms with Gasteiger partial charge in [-0.2, -0.15) is 5.10 Å². The predicted molar refractivity (Wildman–Crippen MR) is 106 cm³/mol. The summed E-state index contributed by atoms with van der Waals surface area (Å²) >= 11 is 0. The van der Waals surface area contributed by atoms with Gasteiger partial charge in [0.15, 0.2) is 0 Å². The number of carbonyl (C=O) groups excluding carboxylic acids is 2. The van der Waals surface area contributed by atoms with Gasteiger partial charge in [-0.05, 0) is 23.1 Å². The molecule has 150 valence electrons. The van der Waals surface area contributed by atoms with Crippen molar-refractivity contribution in [1.82, 2.24) is 30.3 Å². The summed E-state index contributed by atoms with van der Waals surface area (Å²) in [5.74, 6) is -0.191. The third-order valence-electron chi connectivity index (χ3n) is 4.61. The molecule has 1 atom stereocenters. The maximum atomic E-state index is 12.5. The van der Waals surface area contributed by atoms with E-state index >= 15 is 0 Å². The highest BCUT2D eigenvalue weighted by atomic mass is 16.2. The van der Waals surface area contributed by atoms with Crippen molar-refractivity contribution in [3.05, 3.63) is 42.5 Å². The van der Waals surface area contributed by atoms with Crippen molar-refractivity contribution in [2.45, 2.75) is 39.8 Å². The molecule has 1 aromatic heterocycles. The largest absolute Gasteiger partial charge is 0.353 e. The molecule has 0 radical (unpaired) electrons. The van der Waals surface area contributed by atoms with Gasteiger partial charge in [0.05, 0.1) is 18.2 Å². The molecule has 8 nitrogen and oxygen atoms in total. The van der Waals surface area contributed by atoms with Crippen LogP contribution in [-0.4, -0.2) is 57.2 Å². The first-order valence-corrected chi connectivity index (χ1v) is 9.54. The first-order chi connectivity index (χ1) is 13.3. The molecule has 1 saturated heterocycles. The summed E-state index contributed by atoms with van der Waals surface area (Å²) < 4.78 is 1.67. The van der Waals surface area contributed by atoms with E-state index < -0.39 is 6.04 Å². The van der Waals surface area contributed by atoms with Crippen LogP contribution in [0.1, 0.15) is 32.8 Å². The number of benzene rings is 1. The number of aromatic nitrogens is 3. The number of rotatable bonds is 6. The molecule has 2 amide bonds. The Labute approximate surface area is 165 Å². The quantitative estimate of drug-likeness (QED) is 0.779. The average molecular weight is 384 g/mol.